The van der Waals surface area contributed by atoms with E-state index in [0.29, 0.717) is 12.2 Å². The van der Waals surface area contributed by atoms with Gasteiger partial charge in [0.25, 0.3) is 5.91 Å². The van der Waals surface area contributed by atoms with E-state index in [2.05, 4.69) is 9.97 Å². The highest BCUT2D eigenvalue weighted by atomic mass is 19.1. The number of fused-ring (bicyclic) bond motifs is 2. The Hall–Kier alpha value is -3.15. The maximum Gasteiger partial charge on any atom is 0.274 e. The molecule has 0 saturated carbocycles. The molecule has 0 radical (unpaired) electrons. The van der Waals surface area contributed by atoms with Gasteiger partial charge >= 0.3 is 0 Å². The Balaban J connectivity index is 1.57. The van der Waals surface area contributed by atoms with Gasteiger partial charge in [-0.3, -0.25) is 4.79 Å². The molecular weight excluding hydrogens is 319 g/mol. The lowest BCUT2D eigenvalue weighted by atomic mass is 10.2. The van der Waals surface area contributed by atoms with Gasteiger partial charge in [-0.25, -0.2) is 9.37 Å². The van der Waals surface area contributed by atoms with E-state index in [1.807, 2.05) is 35.7 Å². The summed E-state index contributed by atoms with van der Waals surface area (Å²) in [7, 11) is 1.73. The maximum absolute atomic E-state index is 13.3. The fourth-order valence-electron chi connectivity index (χ4n) is 2.98. The van der Waals surface area contributed by atoms with Crippen LogP contribution in [-0.2, 0) is 6.54 Å². The van der Waals surface area contributed by atoms with Crippen molar-refractivity contribution in [2.24, 2.45) is 0 Å². The summed E-state index contributed by atoms with van der Waals surface area (Å²) in [5, 5.41) is 0.791. The molecule has 4 rings (SSSR count). The summed E-state index contributed by atoms with van der Waals surface area (Å²) in [6, 6.07) is 10.3. The first kappa shape index (κ1) is 15.4. The van der Waals surface area contributed by atoms with Crippen molar-refractivity contribution < 1.29 is 9.18 Å². The van der Waals surface area contributed by atoms with Gasteiger partial charge in [-0.05, 0) is 42.8 Å². The van der Waals surface area contributed by atoms with Crippen molar-refractivity contribution in [3.05, 3.63) is 71.6 Å². The van der Waals surface area contributed by atoms with E-state index in [0.717, 1.165) is 27.8 Å². The molecule has 5 nitrogen and oxygen atoms in total. The van der Waals surface area contributed by atoms with Gasteiger partial charge in [0.15, 0.2) is 0 Å². The topological polar surface area (TPSA) is 53.4 Å². The second kappa shape index (κ2) is 5.73. The molecule has 0 bridgehead atoms. The number of pyridine rings is 1. The smallest absolute Gasteiger partial charge is 0.274 e. The molecule has 4 aromatic rings. The lowest BCUT2D eigenvalue weighted by Gasteiger charge is -2.14. The molecule has 1 N–H and O–H groups in total. The number of amides is 1. The number of nitrogens with one attached hydrogen (secondary N) is 1. The second-order valence-corrected chi connectivity index (χ2v) is 6.29. The van der Waals surface area contributed by atoms with Gasteiger partial charge in [-0.2, -0.15) is 0 Å². The Morgan fingerprint density at radius 2 is 2.08 bits per heavy atom. The van der Waals surface area contributed by atoms with Crippen LogP contribution in [-0.4, -0.2) is 32.2 Å². The number of rotatable bonds is 3. The molecule has 0 saturated heterocycles. The minimum absolute atomic E-state index is 0.161. The average Bonchev–Trinajstić information content (AvgIpc) is 3.16. The number of imidazole rings is 1. The fourth-order valence-corrected chi connectivity index (χ4v) is 2.98. The highest BCUT2D eigenvalue weighted by Gasteiger charge is 2.16. The van der Waals surface area contributed by atoms with Crippen LogP contribution < -0.4 is 0 Å². The lowest BCUT2D eigenvalue weighted by Crippen LogP contribution is -2.26. The summed E-state index contributed by atoms with van der Waals surface area (Å²) >= 11 is 0. The van der Waals surface area contributed by atoms with E-state index >= 15 is 0 Å². The van der Waals surface area contributed by atoms with E-state index in [9.17, 15) is 9.18 Å². The van der Waals surface area contributed by atoms with Crippen LogP contribution in [0.3, 0.4) is 0 Å². The average molecular weight is 336 g/mol. The fraction of sp³-hybridized carbons (Fsp3) is 0.158. The van der Waals surface area contributed by atoms with Gasteiger partial charge in [-0.1, -0.05) is 6.07 Å². The first-order valence-electron chi connectivity index (χ1n) is 7.97. The third-order valence-corrected chi connectivity index (χ3v) is 4.21. The van der Waals surface area contributed by atoms with Crippen molar-refractivity contribution in [1.82, 2.24) is 19.3 Å². The standard InChI is InChI=1S/C19H17FN4O/c1-12-3-6-18-22-17(11-24(18)9-12)19(25)23(2)10-15-8-13-7-14(20)4-5-16(13)21-15/h3-9,11,21H,10H2,1-2H3. The number of benzene rings is 1. The van der Waals surface area contributed by atoms with Crippen LogP contribution in [0.4, 0.5) is 4.39 Å². The normalized spacial score (nSPS) is 11.3. The zero-order valence-electron chi connectivity index (χ0n) is 14.0. The van der Waals surface area contributed by atoms with Crippen LogP contribution in [0.1, 0.15) is 21.7 Å². The number of H-pyrrole nitrogens is 1. The number of aromatic nitrogens is 3. The summed E-state index contributed by atoms with van der Waals surface area (Å²) in [5.74, 6) is -0.436. The molecular formula is C19H17FN4O. The van der Waals surface area contributed by atoms with Crippen molar-refractivity contribution in [3.63, 3.8) is 0 Å². The predicted molar refractivity (Wildman–Crippen MR) is 94.0 cm³/mol. The third kappa shape index (κ3) is 2.87. The Morgan fingerprint density at radius 3 is 2.92 bits per heavy atom. The van der Waals surface area contributed by atoms with E-state index < -0.39 is 0 Å². The largest absolute Gasteiger partial charge is 0.357 e. The summed E-state index contributed by atoms with van der Waals surface area (Å²) in [6.45, 7) is 2.38. The number of aryl methyl sites for hydroxylation is 1. The van der Waals surface area contributed by atoms with Crippen LogP contribution in [0, 0.1) is 12.7 Å². The van der Waals surface area contributed by atoms with Gasteiger partial charge in [0.2, 0.25) is 0 Å². The van der Waals surface area contributed by atoms with Crippen molar-refractivity contribution in [2.75, 3.05) is 7.05 Å². The zero-order chi connectivity index (χ0) is 17.6. The quantitative estimate of drug-likeness (QED) is 0.622. The van der Waals surface area contributed by atoms with E-state index in [1.165, 1.54) is 12.1 Å². The van der Waals surface area contributed by atoms with Crippen LogP contribution in [0.25, 0.3) is 16.6 Å². The molecule has 1 amide bonds. The Labute approximate surface area is 143 Å². The number of hydrogen-bond donors (Lipinski definition) is 1. The third-order valence-electron chi connectivity index (χ3n) is 4.21. The molecule has 0 atom stereocenters. The van der Waals surface area contributed by atoms with E-state index in [4.69, 9.17) is 0 Å². The van der Waals surface area contributed by atoms with E-state index in [-0.39, 0.29) is 11.7 Å². The molecule has 0 aliphatic heterocycles. The summed E-state index contributed by atoms with van der Waals surface area (Å²) in [6.07, 6.45) is 3.67. The minimum Gasteiger partial charge on any atom is -0.357 e. The summed E-state index contributed by atoms with van der Waals surface area (Å²) < 4.78 is 15.1. The summed E-state index contributed by atoms with van der Waals surface area (Å²) in [4.78, 5) is 21.8. The van der Waals surface area contributed by atoms with Crippen molar-refractivity contribution >= 4 is 22.5 Å². The van der Waals surface area contributed by atoms with Gasteiger partial charge in [0, 0.05) is 36.0 Å². The number of aromatic amines is 1. The molecule has 3 heterocycles. The van der Waals surface area contributed by atoms with Crippen molar-refractivity contribution in [2.45, 2.75) is 13.5 Å². The number of halogens is 1. The molecule has 126 valence electrons. The summed E-state index contributed by atoms with van der Waals surface area (Å²) in [5.41, 5.74) is 3.93. The van der Waals surface area contributed by atoms with E-state index in [1.54, 1.807) is 24.2 Å². The Kier molecular flexibility index (Phi) is 3.53. The second-order valence-electron chi connectivity index (χ2n) is 6.29. The first-order chi connectivity index (χ1) is 12.0. The lowest BCUT2D eigenvalue weighted by molar-refractivity contribution is 0.0778. The minimum atomic E-state index is -0.275. The molecule has 25 heavy (non-hydrogen) atoms. The van der Waals surface area contributed by atoms with Crippen molar-refractivity contribution in [1.29, 1.82) is 0 Å². The number of carbonyl (C=O) groups is 1. The van der Waals surface area contributed by atoms with Gasteiger partial charge in [-0.15, -0.1) is 0 Å². The molecule has 6 heteroatoms. The first-order valence-corrected chi connectivity index (χ1v) is 7.97. The van der Waals surface area contributed by atoms with Gasteiger partial charge in [0.05, 0.1) is 6.54 Å². The highest BCUT2D eigenvalue weighted by Crippen LogP contribution is 2.18. The number of nitrogens with zero attached hydrogens (tertiary/aromatic N) is 3. The highest BCUT2D eigenvalue weighted by molar-refractivity contribution is 5.92. The van der Waals surface area contributed by atoms with Crippen LogP contribution in [0.2, 0.25) is 0 Å². The monoisotopic (exact) mass is 336 g/mol. The predicted octanol–water partition coefficient (Wildman–Crippen LogP) is 3.54. The molecule has 0 fully saturated rings. The Morgan fingerprint density at radius 1 is 1.24 bits per heavy atom. The molecule has 0 aliphatic carbocycles. The maximum atomic E-state index is 13.3. The van der Waals surface area contributed by atoms with Gasteiger partial charge < -0.3 is 14.3 Å². The van der Waals surface area contributed by atoms with Crippen LogP contribution >= 0.6 is 0 Å². The molecule has 1 aromatic carbocycles. The van der Waals surface area contributed by atoms with Crippen LogP contribution in [0.15, 0.2) is 48.8 Å². The van der Waals surface area contributed by atoms with Crippen molar-refractivity contribution in [3.8, 4) is 0 Å². The van der Waals surface area contributed by atoms with Crippen LogP contribution in [0.5, 0.6) is 0 Å². The Bertz CT molecular complexity index is 1100. The zero-order valence-corrected chi connectivity index (χ0v) is 14.0. The van der Waals surface area contributed by atoms with Gasteiger partial charge in [0.1, 0.15) is 17.2 Å². The number of carbonyl (C=O) groups excluding carboxylic acids is 1. The molecule has 3 aromatic heterocycles. The molecule has 0 aliphatic rings. The molecule has 0 spiro atoms. The molecule has 0 unspecified atom stereocenters. The number of hydrogen-bond acceptors (Lipinski definition) is 2. The SMILES string of the molecule is Cc1ccc2nc(C(=O)N(C)Cc3cc4cc(F)ccc4[nH]3)cn2c1.